The van der Waals surface area contributed by atoms with Crippen molar-refractivity contribution in [3.05, 3.63) is 23.3 Å². The summed E-state index contributed by atoms with van der Waals surface area (Å²) in [5.74, 6) is -1.09. The SMILES string of the molecule is CCCCCc1cc(OC(C)=O)c([C@@H]2CC(C(=O)O)CC[C@H]2C(C)C)c(OC(C)=O)c1. The van der Waals surface area contributed by atoms with Crippen molar-refractivity contribution in [2.75, 3.05) is 0 Å². The minimum Gasteiger partial charge on any atom is -0.481 e. The van der Waals surface area contributed by atoms with Gasteiger partial charge in [-0.2, -0.15) is 0 Å². The molecule has 1 aromatic rings. The number of carboxylic acid groups (broad SMARTS) is 1. The van der Waals surface area contributed by atoms with Crippen molar-refractivity contribution in [3.8, 4) is 11.5 Å². The lowest BCUT2D eigenvalue weighted by Gasteiger charge is -2.38. The minimum atomic E-state index is -0.813. The Balaban J connectivity index is 2.62. The van der Waals surface area contributed by atoms with Gasteiger partial charge in [-0.3, -0.25) is 14.4 Å². The van der Waals surface area contributed by atoms with Crippen molar-refractivity contribution in [1.29, 1.82) is 0 Å². The molecule has 0 bridgehead atoms. The van der Waals surface area contributed by atoms with Crippen LogP contribution in [0.3, 0.4) is 0 Å². The van der Waals surface area contributed by atoms with Crippen LogP contribution in [-0.2, 0) is 20.8 Å². The van der Waals surface area contributed by atoms with Crippen molar-refractivity contribution in [1.82, 2.24) is 0 Å². The molecule has 0 amide bonds. The van der Waals surface area contributed by atoms with Gasteiger partial charge < -0.3 is 14.6 Å². The number of aliphatic carboxylic acids is 1. The molecule has 1 aliphatic carbocycles. The lowest BCUT2D eigenvalue weighted by atomic mass is 9.66. The van der Waals surface area contributed by atoms with Crippen LogP contribution in [0.25, 0.3) is 0 Å². The van der Waals surface area contributed by atoms with Crippen LogP contribution in [0.4, 0.5) is 0 Å². The summed E-state index contributed by atoms with van der Waals surface area (Å²) in [5.41, 5.74) is 1.59. The number of carboxylic acids is 1. The molecular formula is C25H36O6. The second kappa shape index (κ2) is 11.3. The Morgan fingerprint density at radius 2 is 1.61 bits per heavy atom. The highest BCUT2D eigenvalue weighted by Gasteiger charge is 2.39. The van der Waals surface area contributed by atoms with Gasteiger partial charge in [0.05, 0.1) is 5.92 Å². The van der Waals surface area contributed by atoms with Crippen molar-refractivity contribution in [2.24, 2.45) is 17.8 Å². The van der Waals surface area contributed by atoms with E-state index in [1.54, 1.807) is 0 Å². The van der Waals surface area contributed by atoms with E-state index in [2.05, 4.69) is 20.8 Å². The number of carbonyl (C=O) groups excluding carboxylic acids is 2. The maximum Gasteiger partial charge on any atom is 0.308 e. The molecule has 2 rings (SSSR count). The molecule has 1 aliphatic rings. The zero-order valence-electron chi connectivity index (χ0n) is 19.4. The third kappa shape index (κ3) is 6.81. The fourth-order valence-corrected chi connectivity index (χ4v) is 4.77. The van der Waals surface area contributed by atoms with Crippen LogP contribution in [-0.4, -0.2) is 23.0 Å². The highest BCUT2D eigenvalue weighted by Crippen LogP contribution is 2.50. The fraction of sp³-hybridized carbons (Fsp3) is 0.640. The number of unbranched alkanes of at least 4 members (excludes halogenated alkanes) is 2. The zero-order chi connectivity index (χ0) is 23.1. The highest BCUT2D eigenvalue weighted by molar-refractivity contribution is 5.74. The van der Waals surface area contributed by atoms with Crippen LogP contribution in [0.1, 0.15) is 90.2 Å². The second-order valence-corrected chi connectivity index (χ2v) is 9.01. The first-order valence-corrected chi connectivity index (χ1v) is 11.4. The Morgan fingerprint density at radius 1 is 1.03 bits per heavy atom. The van der Waals surface area contributed by atoms with E-state index in [4.69, 9.17) is 9.47 Å². The van der Waals surface area contributed by atoms with Crippen LogP contribution in [0.2, 0.25) is 0 Å². The van der Waals surface area contributed by atoms with Crippen molar-refractivity contribution < 1.29 is 29.0 Å². The number of ether oxygens (including phenoxy) is 2. The molecule has 172 valence electrons. The molecule has 1 aromatic carbocycles. The molecule has 6 heteroatoms. The summed E-state index contributed by atoms with van der Waals surface area (Å²) in [5, 5.41) is 9.65. The van der Waals surface area contributed by atoms with E-state index in [0.717, 1.165) is 37.7 Å². The summed E-state index contributed by atoms with van der Waals surface area (Å²) in [6.07, 6.45) is 5.73. The summed E-state index contributed by atoms with van der Waals surface area (Å²) in [4.78, 5) is 35.6. The average molecular weight is 433 g/mol. The zero-order valence-corrected chi connectivity index (χ0v) is 19.4. The van der Waals surface area contributed by atoms with Gasteiger partial charge in [0.2, 0.25) is 0 Å². The van der Waals surface area contributed by atoms with E-state index in [1.807, 2.05) is 12.1 Å². The van der Waals surface area contributed by atoms with Crippen LogP contribution in [0.5, 0.6) is 11.5 Å². The molecule has 31 heavy (non-hydrogen) atoms. The van der Waals surface area contributed by atoms with Gasteiger partial charge >= 0.3 is 17.9 Å². The molecule has 0 aromatic heterocycles. The Labute approximate surface area is 185 Å². The predicted octanol–water partition coefficient (Wildman–Crippen LogP) is 5.51. The lowest BCUT2D eigenvalue weighted by Crippen LogP contribution is -2.31. The van der Waals surface area contributed by atoms with Gasteiger partial charge in [0.15, 0.2) is 0 Å². The molecule has 6 nitrogen and oxygen atoms in total. The number of esters is 2. The largest absolute Gasteiger partial charge is 0.481 e. The van der Waals surface area contributed by atoms with E-state index in [-0.39, 0.29) is 11.8 Å². The van der Waals surface area contributed by atoms with Gasteiger partial charge in [-0.15, -0.1) is 0 Å². The Kier molecular flexibility index (Phi) is 9.08. The summed E-state index contributed by atoms with van der Waals surface area (Å²) in [7, 11) is 0. The van der Waals surface area contributed by atoms with Gasteiger partial charge in [-0.05, 0) is 67.6 Å². The van der Waals surface area contributed by atoms with Gasteiger partial charge in [-0.1, -0.05) is 33.6 Å². The fourth-order valence-electron chi connectivity index (χ4n) is 4.77. The molecule has 0 spiro atoms. The molecule has 0 radical (unpaired) electrons. The van der Waals surface area contributed by atoms with E-state index in [1.165, 1.54) is 13.8 Å². The number of benzene rings is 1. The Hall–Kier alpha value is -2.37. The maximum atomic E-state index is 11.9. The van der Waals surface area contributed by atoms with Crippen molar-refractivity contribution >= 4 is 17.9 Å². The van der Waals surface area contributed by atoms with Crippen LogP contribution < -0.4 is 9.47 Å². The normalized spacial score (nSPS) is 21.0. The first kappa shape index (κ1) is 24.9. The monoisotopic (exact) mass is 432 g/mol. The van der Waals surface area contributed by atoms with Gasteiger partial charge in [-0.25, -0.2) is 0 Å². The molecule has 0 heterocycles. The number of aryl methyl sites for hydroxylation is 1. The summed E-state index contributed by atoms with van der Waals surface area (Å²) >= 11 is 0. The first-order chi connectivity index (χ1) is 14.6. The molecule has 1 saturated carbocycles. The number of rotatable bonds is 9. The highest BCUT2D eigenvalue weighted by atomic mass is 16.5. The van der Waals surface area contributed by atoms with Gasteiger partial charge in [0.1, 0.15) is 11.5 Å². The number of hydrogen-bond acceptors (Lipinski definition) is 5. The summed E-state index contributed by atoms with van der Waals surface area (Å²) in [6.45, 7) is 9.06. The minimum absolute atomic E-state index is 0.178. The van der Waals surface area contributed by atoms with Crippen LogP contribution >= 0.6 is 0 Å². The molecule has 1 N–H and O–H groups in total. The first-order valence-electron chi connectivity index (χ1n) is 11.4. The third-order valence-electron chi connectivity index (χ3n) is 6.22. The Morgan fingerprint density at radius 3 is 2.06 bits per heavy atom. The topological polar surface area (TPSA) is 89.9 Å². The van der Waals surface area contributed by atoms with Crippen LogP contribution in [0.15, 0.2) is 12.1 Å². The predicted molar refractivity (Wildman–Crippen MR) is 118 cm³/mol. The number of carbonyl (C=O) groups is 3. The smallest absolute Gasteiger partial charge is 0.308 e. The molecule has 3 atom stereocenters. The van der Waals surface area contributed by atoms with Gasteiger partial charge in [0.25, 0.3) is 0 Å². The molecule has 0 saturated heterocycles. The molecule has 1 unspecified atom stereocenters. The quantitative estimate of drug-likeness (QED) is 0.314. The van der Waals surface area contributed by atoms with E-state index < -0.39 is 23.8 Å². The van der Waals surface area contributed by atoms with E-state index in [9.17, 15) is 19.5 Å². The third-order valence-corrected chi connectivity index (χ3v) is 6.22. The van der Waals surface area contributed by atoms with Crippen LogP contribution in [0, 0.1) is 17.8 Å². The van der Waals surface area contributed by atoms with Gasteiger partial charge in [0, 0.05) is 19.4 Å². The summed E-state index contributed by atoms with van der Waals surface area (Å²) in [6, 6.07) is 3.72. The summed E-state index contributed by atoms with van der Waals surface area (Å²) < 4.78 is 11.2. The van der Waals surface area contributed by atoms with Crippen molar-refractivity contribution in [2.45, 2.75) is 85.5 Å². The Bertz CT molecular complexity index is 760. The molecular weight excluding hydrogens is 396 g/mol. The maximum absolute atomic E-state index is 11.9. The van der Waals surface area contributed by atoms with E-state index in [0.29, 0.717) is 35.8 Å². The number of hydrogen-bond donors (Lipinski definition) is 1. The van der Waals surface area contributed by atoms with E-state index >= 15 is 0 Å². The standard InChI is InChI=1S/C25H36O6/c1-6-7-8-9-18-12-22(30-16(4)26)24(23(13-18)31-17(5)27)21-14-19(25(28)29)10-11-20(21)15(2)3/h12-13,15,19-21H,6-11,14H2,1-5H3,(H,28,29)/t19?,20-,21+/m0/s1. The lowest BCUT2D eigenvalue weighted by molar-refractivity contribution is -0.143. The molecule has 0 aliphatic heterocycles. The van der Waals surface area contributed by atoms with Crippen molar-refractivity contribution in [3.63, 3.8) is 0 Å². The average Bonchev–Trinajstić information content (AvgIpc) is 2.66. The molecule has 1 fully saturated rings. The second-order valence-electron chi connectivity index (χ2n) is 9.01.